The third-order valence-corrected chi connectivity index (χ3v) is 5.29. The van der Waals surface area contributed by atoms with Gasteiger partial charge in [0.15, 0.2) is 0 Å². The first kappa shape index (κ1) is 18.6. The lowest BCUT2D eigenvalue weighted by Gasteiger charge is -2.28. The summed E-state index contributed by atoms with van der Waals surface area (Å²) in [6.45, 7) is 10.0. The van der Waals surface area contributed by atoms with E-state index in [1.807, 2.05) is 24.3 Å². The number of nitrogens with zero attached hydrogens (tertiary/aromatic N) is 2. The summed E-state index contributed by atoms with van der Waals surface area (Å²) in [5.41, 5.74) is 0.942. The fourth-order valence-corrected chi connectivity index (χ4v) is 3.63. The zero-order chi connectivity index (χ0) is 17.6. The average molecular weight is 348 g/mol. The Morgan fingerprint density at radius 2 is 1.64 bits per heavy atom. The zero-order valence-electron chi connectivity index (χ0n) is 15.6. The molecule has 5 nitrogen and oxygen atoms in total. The molecule has 3 rings (SSSR count). The lowest BCUT2D eigenvalue weighted by atomic mass is 10.1. The molecule has 0 aliphatic carbocycles. The molecule has 0 radical (unpaired) electrons. The van der Waals surface area contributed by atoms with Gasteiger partial charge in [-0.1, -0.05) is 12.1 Å². The summed E-state index contributed by atoms with van der Waals surface area (Å²) in [5, 5.41) is 10.8. The molecule has 0 spiro atoms. The van der Waals surface area contributed by atoms with Gasteiger partial charge in [-0.25, -0.2) is 0 Å². The minimum Gasteiger partial charge on any atom is -0.490 e. The van der Waals surface area contributed by atoms with Crippen molar-refractivity contribution in [2.45, 2.75) is 51.5 Å². The van der Waals surface area contributed by atoms with Gasteiger partial charge in [0, 0.05) is 38.5 Å². The molecule has 0 amide bonds. The number of benzene rings is 1. The number of ether oxygens (including phenoxy) is 2. The van der Waals surface area contributed by atoms with Gasteiger partial charge < -0.3 is 14.6 Å². The summed E-state index contributed by atoms with van der Waals surface area (Å²) in [4.78, 5) is 4.66. The summed E-state index contributed by atoms with van der Waals surface area (Å²) < 4.78 is 11.4. The Hall–Kier alpha value is -1.14. The van der Waals surface area contributed by atoms with E-state index in [0.29, 0.717) is 6.04 Å². The molecule has 2 fully saturated rings. The van der Waals surface area contributed by atoms with Crippen molar-refractivity contribution in [1.29, 1.82) is 0 Å². The first-order valence-corrected chi connectivity index (χ1v) is 9.64. The molecule has 2 aliphatic rings. The van der Waals surface area contributed by atoms with Crippen molar-refractivity contribution in [3.63, 3.8) is 0 Å². The largest absolute Gasteiger partial charge is 0.490 e. The molecular weight excluding hydrogens is 316 g/mol. The standard InChI is InChI=1S/C20H32N2O3/c1-16(2)21-10-3-11-22(13-12-21)20(23)17-4-6-18(7-5-17)25-19-8-14-24-15-9-19/h4-7,16,19-20,23H,3,8-15H2,1-2H3. The smallest absolute Gasteiger partial charge is 0.133 e. The van der Waals surface area contributed by atoms with Crippen LogP contribution in [0, 0.1) is 0 Å². The number of rotatable bonds is 5. The molecule has 2 heterocycles. The Labute approximate surface area is 151 Å². The van der Waals surface area contributed by atoms with Crippen LogP contribution in [0.1, 0.15) is 44.9 Å². The van der Waals surface area contributed by atoms with Gasteiger partial charge in [0.2, 0.25) is 0 Å². The van der Waals surface area contributed by atoms with Crippen LogP contribution in [0.5, 0.6) is 5.75 Å². The van der Waals surface area contributed by atoms with Gasteiger partial charge in [-0.05, 0) is 44.5 Å². The van der Waals surface area contributed by atoms with Crippen LogP contribution in [0.3, 0.4) is 0 Å². The second kappa shape index (κ2) is 8.99. The monoisotopic (exact) mass is 348 g/mol. The van der Waals surface area contributed by atoms with Crippen LogP contribution in [0.25, 0.3) is 0 Å². The van der Waals surface area contributed by atoms with E-state index in [4.69, 9.17) is 9.47 Å². The molecular formula is C20H32N2O3. The van der Waals surface area contributed by atoms with Crippen LogP contribution < -0.4 is 4.74 Å². The predicted molar refractivity (Wildman–Crippen MR) is 98.8 cm³/mol. The van der Waals surface area contributed by atoms with Crippen LogP contribution in [-0.4, -0.2) is 66.4 Å². The maximum Gasteiger partial charge on any atom is 0.133 e. The van der Waals surface area contributed by atoms with Crippen molar-refractivity contribution in [1.82, 2.24) is 9.80 Å². The van der Waals surface area contributed by atoms with Crippen molar-refractivity contribution in [2.75, 3.05) is 39.4 Å². The fourth-order valence-electron chi connectivity index (χ4n) is 3.63. The Morgan fingerprint density at radius 1 is 1.00 bits per heavy atom. The quantitative estimate of drug-likeness (QED) is 0.886. The Balaban J connectivity index is 1.55. The van der Waals surface area contributed by atoms with E-state index >= 15 is 0 Å². The molecule has 140 valence electrons. The third kappa shape index (κ3) is 5.17. The molecule has 1 aromatic rings. The highest BCUT2D eigenvalue weighted by Gasteiger charge is 2.23. The minimum atomic E-state index is -0.538. The first-order valence-electron chi connectivity index (χ1n) is 9.64. The molecule has 5 heteroatoms. The topological polar surface area (TPSA) is 45.2 Å². The molecule has 0 bridgehead atoms. The lowest BCUT2D eigenvalue weighted by Crippen LogP contribution is -2.36. The van der Waals surface area contributed by atoms with Crippen LogP contribution in [-0.2, 0) is 4.74 Å². The van der Waals surface area contributed by atoms with Crippen molar-refractivity contribution in [3.8, 4) is 5.75 Å². The van der Waals surface area contributed by atoms with Crippen LogP contribution in [0.2, 0.25) is 0 Å². The summed E-state index contributed by atoms with van der Waals surface area (Å²) in [5.74, 6) is 0.879. The molecule has 1 aromatic carbocycles. The number of hydrogen-bond donors (Lipinski definition) is 1. The SMILES string of the molecule is CC(C)N1CCCN(C(O)c2ccc(OC3CCOCC3)cc2)CC1. The second-order valence-electron chi connectivity index (χ2n) is 7.39. The van der Waals surface area contributed by atoms with E-state index < -0.39 is 6.23 Å². The lowest BCUT2D eigenvalue weighted by molar-refractivity contribution is 0.00386. The van der Waals surface area contributed by atoms with Crippen molar-refractivity contribution in [2.24, 2.45) is 0 Å². The molecule has 1 unspecified atom stereocenters. The maximum absolute atomic E-state index is 10.8. The highest BCUT2D eigenvalue weighted by Crippen LogP contribution is 2.24. The summed E-state index contributed by atoms with van der Waals surface area (Å²) in [6.07, 6.45) is 2.70. The van der Waals surface area contributed by atoms with Gasteiger partial charge in [-0.2, -0.15) is 0 Å². The molecule has 1 atom stereocenters. The van der Waals surface area contributed by atoms with Crippen LogP contribution in [0.4, 0.5) is 0 Å². The van der Waals surface area contributed by atoms with Gasteiger partial charge >= 0.3 is 0 Å². The van der Waals surface area contributed by atoms with E-state index in [1.54, 1.807) is 0 Å². The van der Waals surface area contributed by atoms with Crippen molar-refractivity contribution in [3.05, 3.63) is 29.8 Å². The van der Waals surface area contributed by atoms with E-state index in [2.05, 4.69) is 23.6 Å². The zero-order valence-corrected chi connectivity index (χ0v) is 15.6. The minimum absolute atomic E-state index is 0.247. The van der Waals surface area contributed by atoms with Crippen LogP contribution >= 0.6 is 0 Å². The molecule has 0 aromatic heterocycles. The molecule has 1 N–H and O–H groups in total. The number of aliphatic hydroxyl groups is 1. The van der Waals surface area contributed by atoms with E-state index in [1.165, 1.54) is 0 Å². The number of aliphatic hydroxyl groups excluding tert-OH is 1. The fraction of sp³-hybridized carbons (Fsp3) is 0.700. The van der Waals surface area contributed by atoms with Gasteiger partial charge in [0.05, 0.1) is 13.2 Å². The van der Waals surface area contributed by atoms with Gasteiger partial charge in [0.25, 0.3) is 0 Å². The highest BCUT2D eigenvalue weighted by atomic mass is 16.5. The Morgan fingerprint density at radius 3 is 2.32 bits per heavy atom. The first-order chi connectivity index (χ1) is 12.1. The van der Waals surface area contributed by atoms with Gasteiger partial charge in [-0.3, -0.25) is 9.80 Å². The normalized spacial score (nSPS) is 22.7. The van der Waals surface area contributed by atoms with Crippen molar-refractivity contribution >= 4 is 0 Å². The highest BCUT2D eigenvalue weighted by molar-refractivity contribution is 5.28. The molecule has 2 saturated heterocycles. The van der Waals surface area contributed by atoms with E-state index in [9.17, 15) is 5.11 Å². The van der Waals surface area contributed by atoms with E-state index in [0.717, 1.165) is 70.0 Å². The second-order valence-corrected chi connectivity index (χ2v) is 7.39. The summed E-state index contributed by atoms with van der Waals surface area (Å²) in [7, 11) is 0. The Bertz CT molecular complexity index is 514. The third-order valence-electron chi connectivity index (χ3n) is 5.29. The van der Waals surface area contributed by atoms with Crippen LogP contribution in [0.15, 0.2) is 24.3 Å². The molecule has 2 aliphatic heterocycles. The summed E-state index contributed by atoms with van der Waals surface area (Å²) >= 11 is 0. The number of hydrogen-bond acceptors (Lipinski definition) is 5. The van der Waals surface area contributed by atoms with E-state index in [-0.39, 0.29) is 6.10 Å². The predicted octanol–water partition coefficient (Wildman–Crippen LogP) is 2.65. The van der Waals surface area contributed by atoms with Crippen molar-refractivity contribution < 1.29 is 14.6 Å². The maximum atomic E-state index is 10.8. The van der Waals surface area contributed by atoms with Gasteiger partial charge in [0.1, 0.15) is 18.1 Å². The van der Waals surface area contributed by atoms with Gasteiger partial charge in [-0.15, -0.1) is 0 Å². The Kier molecular flexibility index (Phi) is 6.70. The molecule has 25 heavy (non-hydrogen) atoms. The average Bonchev–Trinajstić information content (AvgIpc) is 2.89. The summed E-state index contributed by atoms with van der Waals surface area (Å²) in [6, 6.07) is 8.51. The molecule has 0 saturated carbocycles.